The predicted octanol–water partition coefficient (Wildman–Crippen LogP) is 3.00. The predicted molar refractivity (Wildman–Crippen MR) is 49.2 cm³/mol. The first-order valence-corrected chi connectivity index (χ1v) is 4.31. The molecule has 0 aromatic heterocycles. The van der Waals surface area contributed by atoms with Gasteiger partial charge in [0.25, 0.3) is 0 Å². The van der Waals surface area contributed by atoms with E-state index in [1.807, 2.05) is 0 Å². The first-order valence-electron chi connectivity index (χ1n) is 4.31. The van der Waals surface area contributed by atoms with Crippen molar-refractivity contribution in [3.05, 3.63) is 29.6 Å². The Hall–Kier alpha value is -0.995. The van der Waals surface area contributed by atoms with Gasteiger partial charge in [0.2, 0.25) is 0 Å². The van der Waals surface area contributed by atoms with Crippen LogP contribution in [-0.2, 0) is 0 Å². The average Bonchev–Trinajstić information content (AvgIpc) is 2.02. The number of halogens is 4. The summed E-state index contributed by atoms with van der Waals surface area (Å²) in [5.74, 6) is -1.23. The molecule has 1 rings (SSSR count). The minimum Gasteiger partial charge on any atom is -0.445 e. The molecule has 0 aliphatic heterocycles. The largest absolute Gasteiger partial charge is 0.512 e. The van der Waals surface area contributed by atoms with E-state index in [1.54, 1.807) is 13.8 Å². The molecule has 0 spiro atoms. The maximum atomic E-state index is 12.8. The van der Waals surface area contributed by atoms with E-state index < -0.39 is 18.3 Å². The van der Waals surface area contributed by atoms with Crippen molar-refractivity contribution in [2.45, 2.75) is 19.8 Å². The highest BCUT2D eigenvalue weighted by molar-refractivity contribution is 6.73. The van der Waals surface area contributed by atoms with Crippen molar-refractivity contribution in [3.63, 3.8) is 0 Å². The molecule has 0 aliphatic rings. The van der Waals surface area contributed by atoms with Crippen molar-refractivity contribution in [1.82, 2.24) is 0 Å². The summed E-state index contributed by atoms with van der Waals surface area (Å²) in [6.45, 7) is -1.72. The molecule has 0 nitrogen and oxygen atoms in total. The Morgan fingerprint density at radius 2 is 1.71 bits per heavy atom. The quantitative estimate of drug-likeness (QED) is 0.514. The molecule has 0 aliphatic carbocycles. The highest BCUT2D eigenvalue weighted by Crippen LogP contribution is 2.17. The zero-order chi connectivity index (χ0) is 10.9. The lowest BCUT2D eigenvalue weighted by Gasteiger charge is -2.18. The molecule has 0 unspecified atom stereocenters. The molecule has 1 aromatic carbocycles. The topological polar surface area (TPSA) is 0 Å². The smallest absolute Gasteiger partial charge is 0.445 e. The van der Waals surface area contributed by atoms with Crippen LogP contribution in [-0.4, -0.2) is 6.98 Å². The zero-order valence-electron chi connectivity index (χ0n) is 7.90. The van der Waals surface area contributed by atoms with Gasteiger partial charge in [-0.15, -0.1) is 0 Å². The van der Waals surface area contributed by atoms with Crippen molar-refractivity contribution >= 4 is 12.4 Å². The third kappa shape index (κ3) is 2.27. The Morgan fingerprint density at radius 1 is 1.14 bits per heavy atom. The summed E-state index contributed by atoms with van der Waals surface area (Å²) in [6.07, 6.45) is 0. The Morgan fingerprint density at radius 3 is 2.14 bits per heavy atom. The standard InChI is InChI=1S/C9H10BF4/c1-6(2)7-3-4-9(11)8(5-7)10(12,13)14/h3-6H,1-2H3/q-1. The molecule has 14 heavy (non-hydrogen) atoms. The molecule has 0 N–H and O–H groups in total. The van der Waals surface area contributed by atoms with Gasteiger partial charge in [0.15, 0.2) is 0 Å². The summed E-state index contributed by atoms with van der Waals surface area (Å²) in [5.41, 5.74) is -0.628. The van der Waals surface area contributed by atoms with Crippen molar-refractivity contribution in [2.75, 3.05) is 0 Å². The first kappa shape index (κ1) is 11.1. The van der Waals surface area contributed by atoms with E-state index in [4.69, 9.17) is 0 Å². The van der Waals surface area contributed by atoms with E-state index in [1.165, 1.54) is 6.07 Å². The molecule has 0 saturated heterocycles. The van der Waals surface area contributed by atoms with Gasteiger partial charge in [-0.05, 0) is 17.5 Å². The van der Waals surface area contributed by atoms with Gasteiger partial charge >= 0.3 is 6.98 Å². The molecule has 0 radical (unpaired) electrons. The lowest BCUT2D eigenvalue weighted by atomic mass is 9.78. The highest BCUT2D eigenvalue weighted by Gasteiger charge is 2.29. The molecule has 0 amide bonds. The summed E-state index contributed by atoms with van der Waals surface area (Å²) in [6, 6.07) is 3.14. The second-order valence-electron chi connectivity index (χ2n) is 3.51. The fraction of sp³-hybridized carbons (Fsp3) is 0.333. The summed E-state index contributed by atoms with van der Waals surface area (Å²) < 4.78 is 49.8. The maximum absolute atomic E-state index is 12.8. The van der Waals surface area contributed by atoms with Crippen molar-refractivity contribution in [1.29, 1.82) is 0 Å². The van der Waals surface area contributed by atoms with Gasteiger partial charge in [-0.25, -0.2) is 4.39 Å². The summed E-state index contributed by atoms with van der Waals surface area (Å²) in [5, 5.41) is 0. The molecule has 0 fully saturated rings. The van der Waals surface area contributed by atoms with Crippen molar-refractivity contribution in [2.24, 2.45) is 0 Å². The number of benzene rings is 1. The minimum absolute atomic E-state index is 0.0347. The lowest BCUT2D eigenvalue weighted by Crippen LogP contribution is -2.37. The van der Waals surface area contributed by atoms with Crippen LogP contribution in [0.15, 0.2) is 18.2 Å². The van der Waals surface area contributed by atoms with Crippen LogP contribution in [0.3, 0.4) is 0 Å². The van der Waals surface area contributed by atoms with Gasteiger partial charge < -0.3 is 12.9 Å². The third-order valence-electron chi connectivity index (χ3n) is 2.04. The van der Waals surface area contributed by atoms with Gasteiger partial charge in [-0.2, -0.15) is 0 Å². The van der Waals surface area contributed by atoms with Crippen LogP contribution in [0.5, 0.6) is 0 Å². The summed E-state index contributed by atoms with van der Waals surface area (Å²) >= 11 is 0. The van der Waals surface area contributed by atoms with E-state index in [0.29, 0.717) is 5.56 Å². The van der Waals surface area contributed by atoms with Crippen LogP contribution < -0.4 is 5.46 Å². The van der Waals surface area contributed by atoms with Crippen LogP contribution in [0.2, 0.25) is 0 Å². The Kier molecular flexibility index (Phi) is 2.88. The van der Waals surface area contributed by atoms with E-state index in [2.05, 4.69) is 0 Å². The maximum Gasteiger partial charge on any atom is 0.512 e. The number of hydrogen-bond acceptors (Lipinski definition) is 0. The van der Waals surface area contributed by atoms with Crippen LogP contribution in [0, 0.1) is 5.82 Å². The normalized spacial score (nSPS) is 12.2. The SMILES string of the molecule is CC(C)c1ccc(F)c([B-](F)(F)F)c1. The summed E-state index contributed by atoms with van der Waals surface area (Å²) in [4.78, 5) is 0. The second-order valence-corrected chi connectivity index (χ2v) is 3.51. The Bertz CT molecular complexity index is 330. The molecule has 0 bridgehead atoms. The fourth-order valence-electron chi connectivity index (χ4n) is 1.17. The van der Waals surface area contributed by atoms with E-state index in [9.17, 15) is 17.3 Å². The molecule has 1 aromatic rings. The molecule has 0 saturated carbocycles. The monoisotopic (exact) mass is 205 g/mol. The van der Waals surface area contributed by atoms with E-state index >= 15 is 0 Å². The van der Waals surface area contributed by atoms with E-state index in [-0.39, 0.29) is 5.92 Å². The molecule has 78 valence electrons. The third-order valence-corrected chi connectivity index (χ3v) is 2.04. The Balaban J connectivity index is 3.22. The summed E-state index contributed by atoms with van der Waals surface area (Å²) in [7, 11) is 0. The van der Waals surface area contributed by atoms with Crippen LogP contribution in [0.4, 0.5) is 17.3 Å². The lowest BCUT2D eigenvalue weighted by molar-refractivity contribution is 0.494. The highest BCUT2D eigenvalue weighted by atomic mass is 19.4. The van der Waals surface area contributed by atoms with Crippen molar-refractivity contribution < 1.29 is 17.3 Å². The Labute approximate surface area is 80.0 Å². The van der Waals surface area contributed by atoms with Crippen LogP contribution in [0.25, 0.3) is 0 Å². The molecule has 5 heteroatoms. The van der Waals surface area contributed by atoms with Crippen LogP contribution in [0.1, 0.15) is 25.3 Å². The van der Waals surface area contributed by atoms with Crippen molar-refractivity contribution in [3.8, 4) is 0 Å². The fourth-order valence-corrected chi connectivity index (χ4v) is 1.17. The zero-order valence-corrected chi connectivity index (χ0v) is 7.90. The van der Waals surface area contributed by atoms with Crippen LogP contribution >= 0.6 is 0 Å². The number of hydrogen-bond donors (Lipinski definition) is 0. The van der Waals surface area contributed by atoms with E-state index in [0.717, 1.165) is 12.1 Å². The average molecular weight is 205 g/mol. The molecular weight excluding hydrogens is 195 g/mol. The van der Waals surface area contributed by atoms with Gasteiger partial charge in [0.1, 0.15) is 0 Å². The molecular formula is C9H10BF4-. The van der Waals surface area contributed by atoms with Gasteiger partial charge in [0, 0.05) is 0 Å². The minimum atomic E-state index is -5.25. The number of rotatable bonds is 2. The molecule has 0 heterocycles. The first-order chi connectivity index (χ1) is 6.32. The van der Waals surface area contributed by atoms with Gasteiger partial charge in [0.05, 0.1) is 5.82 Å². The van der Waals surface area contributed by atoms with Gasteiger partial charge in [-0.3, -0.25) is 0 Å². The molecule has 0 atom stereocenters. The van der Waals surface area contributed by atoms with Gasteiger partial charge in [-0.1, -0.05) is 31.4 Å². The second kappa shape index (κ2) is 3.63.